The Morgan fingerprint density at radius 1 is 1.53 bits per heavy atom. The van der Waals surface area contributed by atoms with Gasteiger partial charge in [-0.15, -0.1) is 0 Å². The van der Waals surface area contributed by atoms with Crippen LogP contribution in [0.2, 0.25) is 0 Å². The molecule has 1 atom stereocenters. The molecule has 5 N–H and O–H groups in total. The Balaban J connectivity index is 2.73. The number of amides is 1. The van der Waals surface area contributed by atoms with Crippen molar-refractivity contribution in [1.82, 2.24) is 9.97 Å². The van der Waals surface area contributed by atoms with Crippen LogP contribution >= 0.6 is 0 Å². The first-order valence-electron chi connectivity index (χ1n) is 5.33. The standard InChI is InChI=1S/C10H17N5O2/c1-3-7-14-8(12-2)4-9(15-7)13-5-6(16)10(11)17/h4,6,16H,3,5H2,1-2H3,(H2,11,17)(H2,12,13,14,15). The largest absolute Gasteiger partial charge is 0.381 e. The van der Waals surface area contributed by atoms with E-state index in [4.69, 9.17) is 5.73 Å². The lowest BCUT2D eigenvalue weighted by molar-refractivity contribution is -0.125. The molecule has 0 spiro atoms. The Labute approximate surface area is 99.5 Å². The van der Waals surface area contributed by atoms with Gasteiger partial charge < -0.3 is 21.5 Å². The van der Waals surface area contributed by atoms with Gasteiger partial charge in [0.05, 0.1) is 6.54 Å². The summed E-state index contributed by atoms with van der Waals surface area (Å²) >= 11 is 0. The number of aromatic nitrogens is 2. The van der Waals surface area contributed by atoms with Crippen LogP contribution in [0.5, 0.6) is 0 Å². The molecule has 1 rings (SSSR count). The molecule has 0 radical (unpaired) electrons. The van der Waals surface area contributed by atoms with Crippen LogP contribution in [0.25, 0.3) is 0 Å². The fraction of sp³-hybridized carbons (Fsp3) is 0.500. The first kappa shape index (κ1) is 13.2. The first-order valence-corrected chi connectivity index (χ1v) is 5.33. The third-order valence-electron chi connectivity index (χ3n) is 2.15. The van der Waals surface area contributed by atoms with Gasteiger partial charge in [0.25, 0.3) is 0 Å². The number of rotatable bonds is 6. The maximum absolute atomic E-state index is 10.7. The molecule has 1 amide bonds. The molecule has 0 aliphatic carbocycles. The monoisotopic (exact) mass is 239 g/mol. The summed E-state index contributed by atoms with van der Waals surface area (Å²) < 4.78 is 0. The van der Waals surface area contributed by atoms with Crippen molar-refractivity contribution in [3.8, 4) is 0 Å². The average Bonchev–Trinajstić information content (AvgIpc) is 2.35. The van der Waals surface area contributed by atoms with E-state index < -0.39 is 12.0 Å². The Hall–Kier alpha value is -1.89. The van der Waals surface area contributed by atoms with Crippen molar-refractivity contribution in [2.24, 2.45) is 5.73 Å². The molecule has 1 unspecified atom stereocenters. The van der Waals surface area contributed by atoms with Crippen LogP contribution in [0.15, 0.2) is 6.07 Å². The molecule has 0 fully saturated rings. The highest BCUT2D eigenvalue weighted by Gasteiger charge is 2.11. The summed E-state index contributed by atoms with van der Waals surface area (Å²) in [5.74, 6) is 1.12. The van der Waals surface area contributed by atoms with Crippen LogP contribution in [0.4, 0.5) is 11.6 Å². The first-order chi connectivity index (χ1) is 8.06. The number of nitrogens with two attached hydrogens (primary N) is 1. The lowest BCUT2D eigenvalue weighted by atomic mass is 10.3. The molecule has 1 aromatic rings. The van der Waals surface area contributed by atoms with Gasteiger partial charge in [-0.25, -0.2) is 9.97 Å². The smallest absolute Gasteiger partial charge is 0.248 e. The maximum atomic E-state index is 10.7. The summed E-state index contributed by atoms with van der Waals surface area (Å²) in [7, 11) is 1.75. The highest BCUT2D eigenvalue weighted by atomic mass is 16.3. The number of carbonyl (C=O) groups is 1. The van der Waals surface area contributed by atoms with Gasteiger partial charge in [0.1, 0.15) is 23.6 Å². The van der Waals surface area contributed by atoms with Crippen molar-refractivity contribution in [2.45, 2.75) is 19.4 Å². The third-order valence-corrected chi connectivity index (χ3v) is 2.15. The summed E-state index contributed by atoms with van der Waals surface area (Å²) in [5.41, 5.74) is 4.94. The van der Waals surface area contributed by atoms with E-state index in [1.165, 1.54) is 0 Å². The molecule has 0 bridgehead atoms. The molecule has 1 aromatic heterocycles. The van der Waals surface area contributed by atoms with Gasteiger partial charge in [-0.2, -0.15) is 0 Å². The van der Waals surface area contributed by atoms with Crippen molar-refractivity contribution in [3.05, 3.63) is 11.9 Å². The van der Waals surface area contributed by atoms with E-state index in [1.54, 1.807) is 13.1 Å². The molecule has 0 aromatic carbocycles. The van der Waals surface area contributed by atoms with Crippen LogP contribution in [-0.2, 0) is 11.2 Å². The topological polar surface area (TPSA) is 113 Å². The minimum atomic E-state index is -1.23. The summed E-state index contributed by atoms with van der Waals surface area (Å²) in [4.78, 5) is 19.1. The number of carbonyl (C=O) groups excluding carboxylic acids is 1. The van der Waals surface area contributed by atoms with Crippen LogP contribution in [0.3, 0.4) is 0 Å². The zero-order chi connectivity index (χ0) is 12.8. The van der Waals surface area contributed by atoms with Crippen LogP contribution in [0.1, 0.15) is 12.7 Å². The third kappa shape index (κ3) is 3.87. The highest BCUT2D eigenvalue weighted by Crippen LogP contribution is 2.11. The number of aliphatic hydroxyl groups excluding tert-OH is 1. The number of primary amides is 1. The van der Waals surface area contributed by atoms with Gasteiger partial charge in [0.2, 0.25) is 5.91 Å². The predicted octanol–water partition coefficient (Wildman–Crippen LogP) is -0.661. The highest BCUT2D eigenvalue weighted by molar-refractivity contribution is 5.79. The van der Waals surface area contributed by atoms with Gasteiger partial charge in [0.15, 0.2) is 0 Å². The van der Waals surface area contributed by atoms with Crippen LogP contribution < -0.4 is 16.4 Å². The molecule has 94 valence electrons. The zero-order valence-electron chi connectivity index (χ0n) is 9.90. The number of aryl methyl sites for hydroxylation is 1. The van der Waals surface area contributed by atoms with E-state index in [2.05, 4.69) is 20.6 Å². The summed E-state index contributed by atoms with van der Waals surface area (Å²) in [6.07, 6.45) is -0.532. The SMILES string of the molecule is CCc1nc(NC)cc(NCC(O)C(N)=O)n1. The van der Waals surface area contributed by atoms with Crippen molar-refractivity contribution >= 4 is 17.5 Å². The Morgan fingerprint density at radius 3 is 2.71 bits per heavy atom. The molecule has 0 saturated heterocycles. The van der Waals surface area contributed by atoms with E-state index in [0.717, 1.165) is 0 Å². The molecule has 0 aliphatic rings. The number of nitrogens with one attached hydrogen (secondary N) is 2. The second-order valence-corrected chi connectivity index (χ2v) is 3.46. The number of hydrogen-bond acceptors (Lipinski definition) is 6. The fourth-order valence-electron chi connectivity index (χ4n) is 1.18. The molecule has 0 aliphatic heterocycles. The van der Waals surface area contributed by atoms with Crippen molar-refractivity contribution < 1.29 is 9.90 Å². The van der Waals surface area contributed by atoms with E-state index >= 15 is 0 Å². The molecular formula is C10H17N5O2. The van der Waals surface area contributed by atoms with Crippen molar-refractivity contribution in [2.75, 3.05) is 24.2 Å². The number of hydrogen-bond donors (Lipinski definition) is 4. The van der Waals surface area contributed by atoms with Gasteiger partial charge in [-0.1, -0.05) is 6.92 Å². The molecule has 0 saturated carbocycles. The second kappa shape index (κ2) is 6.00. The molecular weight excluding hydrogens is 222 g/mol. The van der Waals surface area contributed by atoms with E-state index in [9.17, 15) is 9.90 Å². The molecule has 17 heavy (non-hydrogen) atoms. The number of anilines is 2. The second-order valence-electron chi connectivity index (χ2n) is 3.46. The van der Waals surface area contributed by atoms with Crippen LogP contribution in [0, 0.1) is 0 Å². The molecule has 1 heterocycles. The normalized spacial score (nSPS) is 11.9. The Morgan fingerprint density at radius 2 is 2.18 bits per heavy atom. The van der Waals surface area contributed by atoms with Gasteiger partial charge in [-0.05, 0) is 0 Å². The summed E-state index contributed by atoms with van der Waals surface area (Å²) in [6, 6.07) is 1.69. The van der Waals surface area contributed by atoms with Crippen LogP contribution in [-0.4, -0.2) is 40.7 Å². The summed E-state index contributed by atoms with van der Waals surface area (Å²) in [5, 5.41) is 15.0. The van der Waals surface area contributed by atoms with E-state index in [0.29, 0.717) is 23.9 Å². The Bertz CT molecular complexity index is 374. The molecule has 7 heteroatoms. The maximum Gasteiger partial charge on any atom is 0.248 e. The number of nitrogens with zero attached hydrogens (tertiary/aromatic N) is 2. The summed E-state index contributed by atoms with van der Waals surface area (Å²) in [6.45, 7) is 1.97. The quantitative estimate of drug-likeness (QED) is 0.524. The van der Waals surface area contributed by atoms with Crippen molar-refractivity contribution in [3.63, 3.8) is 0 Å². The Kier molecular flexibility index (Phi) is 4.65. The van der Waals surface area contributed by atoms with Gasteiger partial charge in [-0.3, -0.25) is 4.79 Å². The number of aliphatic hydroxyl groups is 1. The average molecular weight is 239 g/mol. The van der Waals surface area contributed by atoms with Crippen molar-refractivity contribution in [1.29, 1.82) is 0 Å². The van der Waals surface area contributed by atoms with E-state index in [-0.39, 0.29) is 6.54 Å². The lowest BCUT2D eigenvalue weighted by Crippen LogP contribution is -2.34. The fourth-order valence-corrected chi connectivity index (χ4v) is 1.18. The van der Waals surface area contributed by atoms with Gasteiger partial charge >= 0.3 is 0 Å². The zero-order valence-corrected chi connectivity index (χ0v) is 9.90. The minimum absolute atomic E-state index is 0.0264. The minimum Gasteiger partial charge on any atom is -0.381 e. The van der Waals surface area contributed by atoms with Gasteiger partial charge in [0, 0.05) is 19.5 Å². The van der Waals surface area contributed by atoms with E-state index in [1.807, 2.05) is 6.92 Å². The molecule has 7 nitrogen and oxygen atoms in total. The predicted molar refractivity (Wildman–Crippen MR) is 64.6 cm³/mol. The lowest BCUT2D eigenvalue weighted by Gasteiger charge is -2.11.